The topological polar surface area (TPSA) is 86.7 Å². The molecule has 35 heavy (non-hydrogen) atoms. The molecule has 8 nitrogen and oxygen atoms in total. The van der Waals surface area contributed by atoms with Gasteiger partial charge in [-0.2, -0.15) is 0 Å². The van der Waals surface area contributed by atoms with Crippen LogP contribution in [0.4, 0.5) is 0 Å². The fourth-order valence-corrected chi connectivity index (χ4v) is 3.83. The molecule has 0 N–H and O–H groups in total. The monoisotopic (exact) mass is 480 g/mol. The molecule has 2 aromatic carbocycles. The van der Waals surface area contributed by atoms with E-state index in [1.54, 1.807) is 60.6 Å². The van der Waals surface area contributed by atoms with Gasteiger partial charge in [0.15, 0.2) is 23.8 Å². The lowest BCUT2D eigenvalue weighted by atomic mass is 10.1. The molecular formula is C27H32N2O6. The number of hydrogen-bond acceptors (Lipinski definition) is 7. The Morgan fingerprint density at radius 3 is 2.46 bits per heavy atom. The zero-order chi connectivity index (χ0) is 25.5. The van der Waals surface area contributed by atoms with E-state index in [2.05, 4.69) is 4.99 Å². The predicted molar refractivity (Wildman–Crippen MR) is 134 cm³/mol. The summed E-state index contributed by atoms with van der Waals surface area (Å²) in [6, 6.07) is 12.5. The molecule has 186 valence electrons. The molecule has 1 aliphatic heterocycles. The molecule has 0 aliphatic carbocycles. The molecule has 0 bridgehead atoms. The summed E-state index contributed by atoms with van der Waals surface area (Å²) in [6.07, 6.45) is 1.62. The Morgan fingerprint density at radius 2 is 1.80 bits per heavy atom. The molecule has 0 aromatic heterocycles. The molecule has 0 saturated carbocycles. The van der Waals surface area contributed by atoms with E-state index < -0.39 is 5.97 Å². The molecule has 0 atom stereocenters. The van der Waals surface area contributed by atoms with Crippen LogP contribution in [0.15, 0.2) is 53.2 Å². The van der Waals surface area contributed by atoms with E-state index in [1.165, 1.54) is 0 Å². The number of esters is 1. The van der Waals surface area contributed by atoms with Crippen LogP contribution >= 0.6 is 0 Å². The summed E-state index contributed by atoms with van der Waals surface area (Å²) in [5.41, 5.74) is 1.49. The molecule has 3 rings (SSSR count). The fraction of sp³-hybridized carbons (Fsp3) is 0.370. The summed E-state index contributed by atoms with van der Waals surface area (Å²) in [6.45, 7) is 10.1. The average molecular weight is 481 g/mol. The summed E-state index contributed by atoms with van der Waals surface area (Å²) in [4.78, 5) is 31.2. The Bertz CT molecular complexity index is 1130. The van der Waals surface area contributed by atoms with Crippen molar-refractivity contribution in [2.24, 2.45) is 4.99 Å². The Kier molecular flexibility index (Phi) is 8.52. The third-order valence-corrected chi connectivity index (χ3v) is 5.26. The summed E-state index contributed by atoms with van der Waals surface area (Å²) in [5, 5.41) is 0. The van der Waals surface area contributed by atoms with Crippen LogP contribution in [0.5, 0.6) is 17.2 Å². The van der Waals surface area contributed by atoms with Crippen molar-refractivity contribution in [1.29, 1.82) is 0 Å². The Balaban J connectivity index is 1.81. The van der Waals surface area contributed by atoms with Gasteiger partial charge in [0, 0.05) is 17.6 Å². The Hall–Kier alpha value is -3.81. The SMILES string of the molecule is CCOc1cc(/C=C2\N=C(c3cccc(OC)c3)OC2=O)ccc1OCC(=O)N(C(C)C)C(C)C. The standard InChI is InChI=1S/C27H32N2O6/c1-7-33-24-14-19(11-12-23(24)34-16-25(30)29(17(2)3)18(4)5)13-22-27(31)35-26(28-22)20-9-8-10-21(15-20)32-6/h8-15,17-18H,7,16H2,1-6H3/b22-13-. The number of nitrogens with zero attached hydrogens (tertiary/aromatic N) is 2. The number of ether oxygens (including phenoxy) is 4. The van der Waals surface area contributed by atoms with E-state index in [9.17, 15) is 9.59 Å². The number of benzene rings is 2. The van der Waals surface area contributed by atoms with Crippen molar-refractivity contribution in [3.05, 3.63) is 59.3 Å². The lowest BCUT2D eigenvalue weighted by Gasteiger charge is -2.30. The van der Waals surface area contributed by atoms with Crippen molar-refractivity contribution >= 4 is 23.9 Å². The second-order valence-electron chi connectivity index (χ2n) is 8.48. The molecule has 0 fully saturated rings. The normalized spacial score (nSPS) is 14.2. The van der Waals surface area contributed by atoms with Crippen LogP contribution in [0.2, 0.25) is 0 Å². The minimum Gasteiger partial charge on any atom is -0.497 e. The maximum absolute atomic E-state index is 12.7. The molecular weight excluding hydrogens is 448 g/mol. The highest BCUT2D eigenvalue weighted by Crippen LogP contribution is 2.30. The first-order chi connectivity index (χ1) is 16.7. The number of amides is 1. The number of aliphatic imine (C=N–C) groups is 1. The zero-order valence-electron chi connectivity index (χ0n) is 21.0. The van der Waals surface area contributed by atoms with Gasteiger partial charge in [0.2, 0.25) is 5.90 Å². The van der Waals surface area contributed by atoms with Gasteiger partial charge in [-0.05, 0) is 76.6 Å². The third kappa shape index (κ3) is 6.41. The van der Waals surface area contributed by atoms with Crippen LogP contribution in [-0.4, -0.2) is 55.1 Å². The molecule has 1 amide bonds. The van der Waals surface area contributed by atoms with Crippen LogP contribution in [0.1, 0.15) is 45.7 Å². The highest BCUT2D eigenvalue weighted by Gasteiger charge is 2.25. The first-order valence-electron chi connectivity index (χ1n) is 11.6. The first kappa shape index (κ1) is 25.8. The maximum atomic E-state index is 12.7. The number of rotatable bonds is 10. The predicted octanol–water partition coefficient (Wildman–Crippen LogP) is 4.46. The summed E-state index contributed by atoms with van der Waals surface area (Å²) in [5.74, 6) is 1.12. The molecule has 0 unspecified atom stereocenters. The van der Waals surface area contributed by atoms with E-state index in [-0.39, 0.29) is 36.2 Å². The average Bonchev–Trinajstić information content (AvgIpc) is 3.18. The van der Waals surface area contributed by atoms with E-state index in [1.807, 2.05) is 34.6 Å². The van der Waals surface area contributed by atoms with Gasteiger partial charge < -0.3 is 23.8 Å². The molecule has 1 aliphatic rings. The van der Waals surface area contributed by atoms with Gasteiger partial charge in [-0.25, -0.2) is 9.79 Å². The largest absolute Gasteiger partial charge is 0.497 e. The van der Waals surface area contributed by atoms with Gasteiger partial charge in [-0.3, -0.25) is 4.79 Å². The van der Waals surface area contributed by atoms with Gasteiger partial charge >= 0.3 is 5.97 Å². The van der Waals surface area contributed by atoms with Crippen LogP contribution in [0, 0.1) is 0 Å². The van der Waals surface area contributed by atoms with Crippen molar-refractivity contribution in [1.82, 2.24) is 4.90 Å². The third-order valence-electron chi connectivity index (χ3n) is 5.26. The van der Waals surface area contributed by atoms with Crippen molar-refractivity contribution in [3.8, 4) is 17.2 Å². The van der Waals surface area contributed by atoms with Crippen molar-refractivity contribution in [2.75, 3.05) is 20.3 Å². The van der Waals surface area contributed by atoms with E-state index >= 15 is 0 Å². The summed E-state index contributed by atoms with van der Waals surface area (Å²) < 4.78 is 22.1. The van der Waals surface area contributed by atoms with Crippen molar-refractivity contribution in [3.63, 3.8) is 0 Å². The molecule has 0 spiro atoms. The number of carbonyl (C=O) groups is 2. The van der Waals surface area contributed by atoms with Gasteiger partial charge in [0.25, 0.3) is 5.91 Å². The van der Waals surface area contributed by atoms with Crippen LogP contribution in [0.3, 0.4) is 0 Å². The minimum absolute atomic E-state index is 0.0695. The Morgan fingerprint density at radius 1 is 1.06 bits per heavy atom. The highest BCUT2D eigenvalue weighted by atomic mass is 16.6. The highest BCUT2D eigenvalue weighted by molar-refractivity contribution is 6.13. The lowest BCUT2D eigenvalue weighted by molar-refractivity contribution is -0.137. The summed E-state index contributed by atoms with van der Waals surface area (Å²) >= 11 is 0. The second-order valence-corrected chi connectivity index (χ2v) is 8.48. The number of hydrogen-bond donors (Lipinski definition) is 0. The quantitative estimate of drug-likeness (QED) is 0.369. The van der Waals surface area contributed by atoms with Gasteiger partial charge in [0.05, 0.1) is 13.7 Å². The van der Waals surface area contributed by atoms with Crippen molar-refractivity contribution < 1.29 is 28.5 Å². The van der Waals surface area contributed by atoms with Crippen molar-refractivity contribution in [2.45, 2.75) is 46.7 Å². The minimum atomic E-state index is -0.547. The Labute approximate surface area is 206 Å². The van der Waals surface area contributed by atoms with Crippen LogP contribution in [-0.2, 0) is 14.3 Å². The van der Waals surface area contributed by atoms with Crippen LogP contribution < -0.4 is 14.2 Å². The van der Waals surface area contributed by atoms with Crippen LogP contribution in [0.25, 0.3) is 6.08 Å². The van der Waals surface area contributed by atoms with E-state index in [4.69, 9.17) is 18.9 Å². The lowest BCUT2D eigenvalue weighted by Crippen LogP contribution is -2.44. The maximum Gasteiger partial charge on any atom is 0.363 e. The molecule has 0 saturated heterocycles. The fourth-order valence-electron chi connectivity index (χ4n) is 3.83. The van der Waals surface area contributed by atoms with Gasteiger partial charge in [0.1, 0.15) is 5.75 Å². The molecule has 0 radical (unpaired) electrons. The summed E-state index contributed by atoms with van der Waals surface area (Å²) in [7, 11) is 1.57. The van der Waals surface area contributed by atoms with E-state index in [0.717, 1.165) is 0 Å². The first-order valence-corrected chi connectivity index (χ1v) is 11.6. The molecule has 2 aromatic rings. The molecule has 1 heterocycles. The second kappa shape index (κ2) is 11.6. The van der Waals surface area contributed by atoms with Gasteiger partial charge in [-0.1, -0.05) is 12.1 Å². The zero-order valence-corrected chi connectivity index (χ0v) is 21.0. The number of methoxy groups -OCH3 is 1. The molecule has 8 heteroatoms. The smallest absolute Gasteiger partial charge is 0.363 e. The van der Waals surface area contributed by atoms with Gasteiger partial charge in [-0.15, -0.1) is 0 Å². The van der Waals surface area contributed by atoms with E-state index in [0.29, 0.717) is 35.0 Å². The number of cyclic esters (lactones) is 1. The number of carbonyl (C=O) groups excluding carboxylic acids is 2.